The van der Waals surface area contributed by atoms with Gasteiger partial charge in [0.1, 0.15) is 0 Å². The zero-order chi connectivity index (χ0) is 9.35. The lowest BCUT2D eigenvalue weighted by molar-refractivity contribution is -0.121. The fourth-order valence-corrected chi connectivity index (χ4v) is 2.15. The zero-order valence-electron chi connectivity index (χ0n) is 6.86. The molecule has 0 spiro atoms. The first-order valence-electron chi connectivity index (χ1n) is 3.65. The summed E-state index contributed by atoms with van der Waals surface area (Å²) in [5, 5.41) is 0. The molecule has 1 saturated heterocycles. The van der Waals surface area contributed by atoms with Crippen molar-refractivity contribution in [2.75, 3.05) is 19.3 Å². The second-order valence-corrected chi connectivity index (χ2v) is 4.99. The smallest absolute Gasteiger partial charge is 0.221 e. The minimum atomic E-state index is -3.14. The summed E-state index contributed by atoms with van der Waals surface area (Å²) in [6.07, 6.45) is 1.68. The van der Waals surface area contributed by atoms with Gasteiger partial charge in [-0.3, -0.25) is 4.79 Å². The number of hydrogen-bond donors (Lipinski definition) is 1. The Balaban J connectivity index is 2.64. The standard InChI is InChI=1S/C6H12N2O3S/c1-12(10,11)8-3-2-5(4-8)6(7)9/h5H,2-4H2,1H3,(H2,7,9). The van der Waals surface area contributed by atoms with E-state index in [0.29, 0.717) is 13.0 Å². The number of nitrogens with zero attached hydrogens (tertiary/aromatic N) is 1. The summed E-state index contributed by atoms with van der Waals surface area (Å²) in [6.45, 7) is 0.653. The summed E-state index contributed by atoms with van der Waals surface area (Å²) in [6, 6.07) is 0. The predicted octanol–water partition coefficient (Wildman–Crippen LogP) is -1.25. The third-order valence-corrected chi connectivity index (χ3v) is 3.29. The number of carbonyl (C=O) groups excluding carboxylic acids is 1. The molecule has 12 heavy (non-hydrogen) atoms. The SMILES string of the molecule is CS(=O)(=O)N1CCC(C(N)=O)C1. The topological polar surface area (TPSA) is 80.5 Å². The maximum atomic E-state index is 11.0. The van der Waals surface area contributed by atoms with Gasteiger partial charge >= 0.3 is 0 Å². The van der Waals surface area contributed by atoms with Crippen LogP contribution in [0.15, 0.2) is 0 Å². The quantitative estimate of drug-likeness (QED) is 0.593. The minimum absolute atomic E-state index is 0.244. The molecular formula is C6H12N2O3S. The molecule has 0 aromatic carbocycles. The van der Waals surface area contributed by atoms with Gasteiger partial charge in [0.05, 0.1) is 12.2 Å². The Hall–Kier alpha value is -0.620. The number of nitrogens with two attached hydrogens (primary N) is 1. The summed E-state index contributed by atoms with van der Waals surface area (Å²) in [5.41, 5.74) is 5.04. The summed E-state index contributed by atoms with van der Waals surface area (Å²) < 4.78 is 23.2. The van der Waals surface area contributed by atoms with E-state index in [9.17, 15) is 13.2 Å². The Kier molecular flexibility index (Phi) is 2.39. The minimum Gasteiger partial charge on any atom is -0.369 e. The lowest BCUT2D eigenvalue weighted by Gasteiger charge is -2.11. The van der Waals surface area contributed by atoms with E-state index in [2.05, 4.69) is 0 Å². The van der Waals surface area contributed by atoms with Crippen molar-refractivity contribution in [1.82, 2.24) is 4.31 Å². The number of rotatable bonds is 2. The van der Waals surface area contributed by atoms with Crippen LogP contribution in [0.25, 0.3) is 0 Å². The fourth-order valence-electron chi connectivity index (χ4n) is 1.26. The highest BCUT2D eigenvalue weighted by molar-refractivity contribution is 7.88. The van der Waals surface area contributed by atoms with Gasteiger partial charge in [0.15, 0.2) is 0 Å². The second kappa shape index (κ2) is 3.02. The summed E-state index contributed by atoms with van der Waals surface area (Å²) >= 11 is 0. The van der Waals surface area contributed by atoms with E-state index in [-0.39, 0.29) is 12.5 Å². The van der Waals surface area contributed by atoms with E-state index in [1.807, 2.05) is 0 Å². The van der Waals surface area contributed by atoms with E-state index in [1.165, 1.54) is 4.31 Å². The predicted molar refractivity (Wildman–Crippen MR) is 43.7 cm³/mol. The molecule has 1 atom stereocenters. The molecule has 0 radical (unpaired) electrons. The summed E-state index contributed by atoms with van der Waals surface area (Å²) in [7, 11) is -3.14. The van der Waals surface area contributed by atoms with Gasteiger partial charge in [-0.05, 0) is 6.42 Å². The highest BCUT2D eigenvalue weighted by Gasteiger charge is 2.31. The lowest BCUT2D eigenvalue weighted by atomic mass is 10.1. The number of amides is 1. The molecule has 0 aromatic heterocycles. The van der Waals surface area contributed by atoms with Crippen molar-refractivity contribution in [3.05, 3.63) is 0 Å². The first-order valence-corrected chi connectivity index (χ1v) is 5.50. The van der Waals surface area contributed by atoms with Gasteiger partial charge in [-0.25, -0.2) is 12.7 Å². The number of primary amides is 1. The molecule has 5 nitrogen and oxygen atoms in total. The van der Waals surface area contributed by atoms with Crippen LogP contribution in [-0.2, 0) is 14.8 Å². The molecule has 1 unspecified atom stereocenters. The van der Waals surface area contributed by atoms with Crippen LogP contribution in [0, 0.1) is 5.92 Å². The van der Waals surface area contributed by atoms with Crippen LogP contribution >= 0.6 is 0 Å². The van der Waals surface area contributed by atoms with Crippen molar-refractivity contribution in [3.8, 4) is 0 Å². The van der Waals surface area contributed by atoms with E-state index in [1.54, 1.807) is 0 Å². The second-order valence-electron chi connectivity index (χ2n) is 3.01. The fraction of sp³-hybridized carbons (Fsp3) is 0.833. The van der Waals surface area contributed by atoms with E-state index in [4.69, 9.17) is 5.73 Å². The van der Waals surface area contributed by atoms with Crippen LogP contribution in [0.5, 0.6) is 0 Å². The van der Waals surface area contributed by atoms with Gasteiger partial charge in [0.25, 0.3) is 0 Å². The van der Waals surface area contributed by atoms with Crippen LogP contribution in [0.2, 0.25) is 0 Å². The van der Waals surface area contributed by atoms with Crippen molar-refractivity contribution >= 4 is 15.9 Å². The maximum absolute atomic E-state index is 11.0. The average molecular weight is 192 g/mol. The van der Waals surface area contributed by atoms with E-state index < -0.39 is 15.9 Å². The first-order chi connectivity index (χ1) is 5.41. The third kappa shape index (κ3) is 1.95. The molecule has 0 aliphatic carbocycles. The Morgan fingerprint density at radius 1 is 1.58 bits per heavy atom. The molecule has 0 saturated carbocycles. The van der Waals surface area contributed by atoms with E-state index in [0.717, 1.165) is 6.26 Å². The van der Waals surface area contributed by atoms with Gasteiger partial charge in [-0.2, -0.15) is 0 Å². The summed E-state index contributed by atoms with van der Waals surface area (Å²) in [5.74, 6) is -0.721. The molecular weight excluding hydrogens is 180 g/mol. The molecule has 1 fully saturated rings. The van der Waals surface area contributed by atoms with Gasteiger partial charge in [-0.15, -0.1) is 0 Å². The molecule has 1 aliphatic rings. The average Bonchev–Trinajstić information content (AvgIpc) is 2.30. The van der Waals surface area contributed by atoms with Crippen molar-refractivity contribution in [2.45, 2.75) is 6.42 Å². The van der Waals surface area contributed by atoms with Crippen molar-refractivity contribution in [3.63, 3.8) is 0 Å². The zero-order valence-corrected chi connectivity index (χ0v) is 7.67. The Labute approximate surface area is 71.6 Å². The maximum Gasteiger partial charge on any atom is 0.221 e. The van der Waals surface area contributed by atoms with Crippen LogP contribution in [0.3, 0.4) is 0 Å². The van der Waals surface area contributed by atoms with Gasteiger partial charge < -0.3 is 5.73 Å². The number of carbonyl (C=O) groups is 1. The Morgan fingerprint density at radius 2 is 2.17 bits per heavy atom. The molecule has 1 amide bonds. The normalized spacial score (nSPS) is 25.9. The van der Waals surface area contributed by atoms with Crippen LogP contribution < -0.4 is 5.73 Å². The molecule has 0 bridgehead atoms. The van der Waals surface area contributed by atoms with Crippen LogP contribution in [-0.4, -0.2) is 38.0 Å². The molecule has 1 heterocycles. The van der Waals surface area contributed by atoms with Gasteiger partial charge in [-0.1, -0.05) is 0 Å². The van der Waals surface area contributed by atoms with Crippen molar-refractivity contribution in [2.24, 2.45) is 11.7 Å². The number of sulfonamides is 1. The Morgan fingerprint density at radius 3 is 2.42 bits per heavy atom. The lowest BCUT2D eigenvalue weighted by Crippen LogP contribution is -2.30. The molecule has 0 aromatic rings. The highest BCUT2D eigenvalue weighted by Crippen LogP contribution is 2.17. The molecule has 1 rings (SSSR count). The third-order valence-electron chi connectivity index (χ3n) is 2.02. The molecule has 70 valence electrons. The first kappa shape index (κ1) is 9.47. The van der Waals surface area contributed by atoms with Crippen molar-refractivity contribution < 1.29 is 13.2 Å². The van der Waals surface area contributed by atoms with Gasteiger partial charge in [0, 0.05) is 13.1 Å². The Bertz CT molecular complexity index is 285. The highest BCUT2D eigenvalue weighted by atomic mass is 32.2. The van der Waals surface area contributed by atoms with E-state index >= 15 is 0 Å². The van der Waals surface area contributed by atoms with Crippen molar-refractivity contribution in [1.29, 1.82) is 0 Å². The summed E-state index contributed by atoms with van der Waals surface area (Å²) in [4.78, 5) is 10.7. The van der Waals surface area contributed by atoms with Crippen LogP contribution in [0.1, 0.15) is 6.42 Å². The monoisotopic (exact) mass is 192 g/mol. The largest absolute Gasteiger partial charge is 0.369 e. The molecule has 1 aliphatic heterocycles. The number of hydrogen-bond acceptors (Lipinski definition) is 3. The van der Waals surface area contributed by atoms with Crippen LogP contribution in [0.4, 0.5) is 0 Å². The van der Waals surface area contributed by atoms with Gasteiger partial charge in [0.2, 0.25) is 15.9 Å². The molecule has 6 heteroatoms. The molecule has 2 N–H and O–H groups in total.